The lowest BCUT2D eigenvalue weighted by molar-refractivity contribution is -0.138. The number of benzene rings is 2. The SMILES string of the molecule is CC(C)C(Nc1ccc(C(F)(F)F)cc1Cl)C(=O)Oc1ccc2c3c(c(=O)oc2c1)CCC3. The standard InChI is InChI=1S/C24H21ClF3NO4/c1-12(2)21(29-19-9-6-13(10-18(19)25)24(26,27)28)23(31)32-14-7-8-16-15-4-3-5-17(15)22(30)33-20(16)11-14/h6-12,21,29H,3-5H2,1-2H3. The molecule has 4 rings (SSSR count). The van der Waals surface area contributed by atoms with Crippen molar-refractivity contribution in [3.63, 3.8) is 0 Å². The van der Waals surface area contributed by atoms with Gasteiger partial charge in [0.2, 0.25) is 0 Å². The molecule has 1 unspecified atom stereocenters. The first-order valence-corrected chi connectivity index (χ1v) is 10.9. The van der Waals surface area contributed by atoms with Crippen LogP contribution in [0.4, 0.5) is 18.9 Å². The summed E-state index contributed by atoms with van der Waals surface area (Å²) in [5, 5.41) is 3.53. The highest BCUT2D eigenvalue weighted by Gasteiger charge is 2.32. The Morgan fingerprint density at radius 1 is 1.12 bits per heavy atom. The summed E-state index contributed by atoms with van der Waals surface area (Å²) < 4.78 is 49.6. The van der Waals surface area contributed by atoms with Gasteiger partial charge in [-0.25, -0.2) is 9.59 Å². The predicted octanol–water partition coefficient (Wildman–Crippen LogP) is 6.00. The number of anilines is 1. The third-order valence-corrected chi connectivity index (χ3v) is 6.00. The van der Waals surface area contributed by atoms with Crippen LogP contribution in [0.25, 0.3) is 11.0 Å². The van der Waals surface area contributed by atoms with Crippen LogP contribution in [-0.2, 0) is 23.8 Å². The fourth-order valence-corrected chi connectivity index (χ4v) is 4.22. The van der Waals surface area contributed by atoms with Gasteiger partial charge < -0.3 is 14.5 Å². The summed E-state index contributed by atoms with van der Waals surface area (Å²) in [4.78, 5) is 25.1. The number of ether oxygens (including phenoxy) is 1. The molecule has 174 valence electrons. The van der Waals surface area contributed by atoms with Crippen LogP contribution < -0.4 is 15.7 Å². The van der Waals surface area contributed by atoms with Crippen molar-refractivity contribution in [2.24, 2.45) is 5.92 Å². The van der Waals surface area contributed by atoms with Gasteiger partial charge in [-0.2, -0.15) is 13.2 Å². The van der Waals surface area contributed by atoms with Gasteiger partial charge in [-0.1, -0.05) is 25.4 Å². The molecule has 1 heterocycles. The van der Waals surface area contributed by atoms with Gasteiger partial charge in [0.05, 0.1) is 16.3 Å². The molecule has 0 saturated carbocycles. The maximum atomic E-state index is 12.9. The zero-order chi connectivity index (χ0) is 23.9. The first-order valence-electron chi connectivity index (χ1n) is 10.5. The van der Waals surface area contributed by atoms with Crippen LogP contribution in [-0.4, -0.2) is 12.0 Å². The predicted molar refractivity (Wildman–Crippen MR) is 119 cm³/mol. The Morgan fingerprint density at radius 3 is 2.52 bits per heavy atom. The van der Waals surface area contributed by atoms with Crippen LogP contribution in [0, 0.1) is 5.92 Å². The molecule has 0 bridgehead atoms. The summed E-state index contributed by atoms with van der Waals surface area (Å²) in [6.07, 6.45) is -2.14. The van der Waals surface area contributed by atoms with Crippen LogP contribution in [0.2, 0.25) is 5.02 Å². The second-order valence-corrected chi connectivity index (χ2v) is 8.74. The number of esters is 1. The maximum Gasteiger partial charge on any atom is 0.416 e. The fourth-order valence-electron chi connectivity index (χ4n) is 3.98. The zero-order valence-corrected chi connectivity index (χ0v) is 18.6. The summed E-state index contributed by atoms with van der Waals surface area (Å²) in [6.45, 7) is 3.53. The fraction of sp³-hybridized carbons (Fsp3) is 0.333. The second kappa shape index (κ2) is 8.74. The Bertz CT molecular complexity index is 1280. The Labute approximate surface area is 192 Å². The van der Waals surface area contributed by atoms with Crippen molar-refractivity contribution in [2.75, 3.05) is 5.32 Å². The Hall–Kier alpha value is -3.00. The Kier molecular flexibility index (Phi) is 6.14. The highest BCUT2D eigenvalue weighted by Crippen LogP contribution is 2.34. The van der Waals surface area contributed by atoms with E-state index in [4.69, 9.17) is 20.8 Å². The summed E-state index contributed by atoms with van der Waals surface area (Å²) in [7, 11) is 0. The minimum atomic E-state index is -4.52. The van der Waals surface area contributed by atoms with E-state index in [2.05, 4.69) is 5.32 Å². The molecule has 0 amide bonds. The number of alkyl halides is 3. The van der Waals surface area contributed by atoms with Crippen molar-refractivity contribution < 1.29 is 27.1 Å². The highest BCUT2D eigenvalue weighted by molar-refractivity contribution is 6.33. The van der Waals surface area contributed by atoms with E-state index in [9.17, 15) is 22.8 Å². The smallest absolute Gasteiger partial charge is 0.416 e. The minimum Gasteiger partial charge on any atom is -0.425 e. The molecule has 0 radical (unpaired) electrons. The largest absolute Gasteiger partial charge is 0.425 e. The van der Waals surface area contributed by atoms with Gasteiger partial charge in [-0.15, -0.1) is 0 Å². The van der Waals surface area contributed by atoms with E-state index in [1.165, 1.54) is 12.1 Å². The topological polar surface area (TPSA) is 68.5 Å². The van der Waals surface area contributed by atoms with E-state index in [-0.39, 0.29) is 28.0 Å². The average molecular weight is 480 g/mol. The molecule has 0 aliphatic heterocycles. The monoisotopic (exact) mass is 479 g/mol. The average Bonchev–Trinajstić information content (AvgIpc) is 3.22. The Morgan fingerprint density at radius 2 is 1.85 bits per heavy atom. The first-order chi connectivity index (χ1) is 15.5. The third kappa shape index (κ3) is 4.71. The molecule has 1 aliphatic carbocycles. The van der Waals surface area contributed by atoms with Crippen molar-refractivity contribution in [2.45, 2.75) is 45.3 Å². The van der Waals surface area contributed by atoms with E-state index in [0.29, 0.717) is 17.6 Å². The maximum absolute atomic E-state index is 12.9. The molecule has 33 heavy (non-hydrogen) atoms. The van der Waals surface area contributed by atoms with Crippen LogP contribution >= 0.6 is 11.6 Å². The number of aryl methyl sites for hydroxylation is 1. The summed E-state index contributed by atoms with van der Waals surface area (Å²) >= 11 is 6.02. The highest BCUT2D eigenvalue weighted by atomic mass is 35.5. The molecular formula is C24H21ClF3NO4. The number of nitrogens with one attached hydrogen (secondary N) is 1. The van der Waals surface area contributed by atoms with Crippen molar-refractivity contribution >= 4 is 34.2 Å². The van der Waals surface area contributed by atoms with Crippen molar-refractivity contribution in [1.29, 1.82) is 0 Å². The molecule has 1 aromatic heterocycles. The summed E-state index contributed by atoms with van der Waals surface area (Å²) in [6, 6.07) is 6.87. The minimum absolute atomic E-state index is 0.162. The molecule has 5 nitrogen and oxygen atoms in total. The van der Waals surface area contributed by atoms with Gasteiger partial charge in [0.1, 0.15) is 17.4 Å². The van der Waals surface area contributed by atoms with Gasteiger partial charge in [-0.05, 0) is 61.1 Å². The lowest BCUT2D eigenvalue weighted by atomic mass is 10.0. The lowest BCUT2D eigenvalue weighted by Gasteiger charge is -2.23. The van der Waals surface area contributed by atoms with Crippen molar-refractivity contribution in [3.8, 4) is 5.75 Å². The molecule has 0 spiro atoms. The molecule has 3 aromatic rings. The summed E-state index contributed by atoms with van der Waals surface area (Å²) in [5.74, 6) is -0.721. The number of fused-ring (bicyclic) bond motifs is 3. The van der Waals surface area contributed by atoms with Crippen molar-refractivity contribution in [3.05, 3.63) is 68.5 Å². The van der Waals surface area contributed by atoms with Gasteiger partial charge in [0.15, 0.2) is 0 Å². The van der Waals surface area contributed by atoms with Gasteiger partial charge in [0.25, 0.3) is 0 Å². The second-order valence-electron chi connectivity index (χ2n) is 8.34. The van der Waals surface area contributed by atoms with Crippen LogP contribution in [0.5, 0.6) is 5.75 Å². The summed E-state index contributed by atoms with van der Waals surface area (Å²) in [5.41, 5.74) is 0.928. The van der Waals surface area contributed by atoms with E-state index in [0.717, 1.165) is 35.9 Å². The van der Waals surface area contributed by atoms with Crippen LogP contribution in [0.15, 0.2) is 45.6 Å². The van der Waals surface area contributed by atoms with Gasteiger partial charge >= 0.3 is 17.8 Å². The number of hydrogen-bond donors (Lipinski definition) is 1. The lowest BCUT2D eigenvalue weighted by Crippen LogP contribution is -2.37. The molecule has 2 aromatic carbocycles. The van der Waals surface area contributed by atoms with E-state index >= 15 is 0 Å². The number of carbonyl (C=O) groups excluding carboxylic acids is 1. The number of hydrogen-bond acceptors (Lipinski definition) is 5. The van der Waals surface area contributed by atoms with Gasteiger partial charge in [-0.3, -0.25) is 0 Å². The van der Waals surface area contributed by atoms with E-state index in [1.54, 1.807) is 26.0 Å². The van der Waals surface area contributed by atoms with Crippen LogP contribution in [0.3, 0.4) is 0 Å². The molecule has 1 aliphatic rings. The molecule has 9 heteroatoms. The number of rotatable bonds is 5. The number of carbonyl (C=O) groups is 1. The molecule has 1 atom stereocenters. The van der Waals surface area contributed by atoms with Crippen molar-refractivity contribution in [1.82, 2.24) is 0 Å². The Balaban J connectivity index is 1.56. The normalized spacial score (nSPS) is 14.4. The van der Waals surface area contributed by atoms with Gasteiger partial charge in [0, 0.05) is 17.0 Å². The van der Waals surface area contributed by atoms with E-state index < -0.39 is 23.8 Å². The number of halogens is 4. The van der Waals surface area contributed by atoms with Crippen LogP contribution in [0.1, 0.15) is 37.0 Å². The third-order valence-electron chi connectivity index (χ3n) is 5.69. The quantitative estimate of drug-likeness (QED) is 0.276. The molecular weight excluding hydrogens is 459 g/mol. The molecule has 1 N–H and O–H groups in total. The zero-order valence-electron chi connectivity index (χ0n) is 17.9. The first kappa shape index (κ1) is 23.2. The molecule has 0 fully saturated rings. The van der Waals surface area contributed by atoms with E-state index in [1.807, 2.05) is 0 Å². The molecule has 0 saturated heterocycles.